The van der Waals surface area contributed by atoms with Crippen LogP contribution >= 0.6 is 0 Å². The summed E-state index contributed by atoms with van der Waals surface area (Å²) in [4.78, 5) is 26.8. The molecule has 7 heteroatoms. The monoisotopic (exact) mass is 370 g/mol. The van der Waals surface area contributed by atoms with E-state index in [-0.39, 0.29) is 18.1 Å². The van der Waals surface area contributed by atoms with Gasteiger partial charge in [0.15, 0.2) is 0 Å². The van der Waals surface area contributed by atoms with Gasteiger partial charge in [-0.25, -0.2) is 0 Å². The number of nitrogens with zero attached hydrogens (tertiary/aromatic N) is 3. The number of aryl methyl sites for hydroxylation is 1. The molecule has 0 atom stereocenters. The van der Waals surface area contributed by atoms with E-state index in [0.29, 0.717) is 17.8 Å². The number of benzene rings is 2. The van der Waals surface area contributed by atoms with Crippen molar-refractivity contribution in [2.75, 3.05) is 37.4 Å². The Morgan fingerprint density at radius 2 is 1.81 bits per heavy atom. The first-order chi connectivity index (χ1) is 12.8. The van der Waals surface area contributed by atoms with Gasteiger partial charge < -0.3 is 10.2 Å². The Morgan fingerprint density at radius 1 is 1.15 bits per heavy atom. The minimum Gasteiger partial charge on any atom is -0.378 e. The standard InChI is InChI=1S/C20H26N4O3/c1-5-23(13-16-6-8-17(9-7-16)22(3)4)14-20(25)21-19-11-10-18(24(26)27)12-15(19)2/h6-12H,5,13-14H2,1-4H3,(H,21,25). The zero-order valence-corrected chi connectivity index (χ0v) is 16.2. The predicted octanol–water partition coefficient (Wildman–Crippen LogP) is 3.43. The van der Waals surface area contributed by atoms with Crippen LogP contribution in [0.25, 0.3) is 0 Å². The molecule has 0 spiro atoms. The lowest BCUT2D eigenvalue weighted by atomic mass is 10.1. The van der Waals surface area contributed by atoms with Crippen molar-refractivity contribution in [2.45, 2.75) is 20.4 Å². The van der Waals surface area contributed by atoms with Crippen molar-refractivity contribution in [3.63, 3.8) is 0 Å². The van der Waals surface area contributed by atoms with Gasteiger partial charge >= 0.3 is 0 Å². The molecule has 0 heterocycles. The first-order valence-corrected chi connectivity index (χ1v) is 8.83. The van der Waals surface area contributed by atoms with Crippen LogP contribution in [0.5, 0.6) is 0 Å². The zero-order valence-electron chi connectivity index (χ0n) is 16.2. The second-order valence-corrected chi connectivity index (χ2v) is 6.67. The number of nitro benzene ring substituents is 1. The predicted molar refractivity (Wildman–Crippen MR) is 108 cm³/mol. The second kappa shape index (κ2) is 9.14. The second-order valence-electron chi connectivity index (χ2n) is 6.67. The molecule has 0 radical (unpaired) electrons. The number of non-ortho nitro benzene ring substituents is 1. The Balaban J connectivity index is 1.97. The van der Waals surface area contributed by atoms with Crippen LogP contribution < -0.4 is 10.2 Å². The highest BCUT2D eigenvalue weighted by atomic mass is 16.6. The maximum atomic E-state index is 12.4. The Bertz CT molecular complexity index is 803. The third-order valence-corrected chi connectivity index (χ3v) is 4.37. The van der Waals surface area contributed by atoms with Crippen LogP contribution in [-0.4, -0.2) is 42.9 Å². The summed E-state index contributed by atoms with van der Waals surface area (Å²) in [7, 11) is 4.00. The third kappa shape index (κ3) is 5.79. The highest BCUT2D eigenvalue weighted by Crippen LogP contribution is 2.21. The van der Waals surface area contributed by atoms with Gasteiger partial charge in [0, 0.05) is 44.1 Å². The Hall–Kier alpha value is -2.93. The molecule has 0 aliphatic heterocycles. The largest absolute Gasteiger partial charge is 0.378 e. The van der Waals surface area contributed by atoms with Gasteiger partial charge in [0.2, 0.25) is 5.91 Å². The van der Waals surface area contributed by atoms with Crippen LogP contribution in [0.3, 0.4) is 0 Å². The highest BCUT2D eigenvalue weighted by Gasteiger charge is 2.13. The summed E-state index contributed by atoms with van der Waals surface area (Å²) in [6.45, 7) is 5.42. The molecular formula is C20H26N4O3. The molecule has 144 valence electrons. The quantitative estimate of drug-likeness (QED) is 0.569. The molecule has 1 N–H and O–H groups in total. The summed E-state index contributed by atoms with van der Waals surface area (Å²) in [5.41, 5.74) is 3.55. The van der Waals surface area contributed by atoms with E-state index in [0.717, 1.165) is 17.8 Å². The number of nitrogens with one attached hydrogen (secondary N) is 1. The lowest BCUT2D eigenvalue weighted by Crippen LogP contribution is -2.32. The summed E-state index contributed by atoms with van der Waals surface area (Å²) in [5, 5.41) is 13.7. The average Bonchev–Trinajstić information content (AvgIpc) is 2.63. The van der Waals surface area contributed by atoms with Gasteiger partial charge in [-0.05, 0) is 42.8 Å². The van der Waals surface area contributed by atoms with Crippen molar-refractivity contribution in [3.05, 3.63) is 63.7 Å². The molecule has 0 unspecified atom stereocenters. The van der Waals surface area contributed by atoms with E-state index < -0.39 is 4.92 Å². The van der Waals surface area contributed by atoms with Crippen LogP contribution in [0, 0.1) is 17.0 Å². The Kier molecular flexibility index (Phi) is 6.90. The van der Waals surface area contributed by atoms with Crippen LogP contribution in [0.4, 0.5) is 17.1 Å². The zero-order chi connectivity index (χ0) is 20.0. The summed E-state index contributed by atoms with van der Waals surface area (Å²) in [6.07, 6.45) is 0. The van der Waals surface area contributed by atoms with E-state index in [1.807, 2.05) is 30.8 Å². The van der Waals surface area contributed by atoms with Crippen molar-refractivity contribution in [2.24, 2.45) is 0 Å². The molecule has 0 fully saturated rings. The minimum absolute atomic E-state index is 0.0156. The number of carbonyl (C=O) groups excluding carboxylic acids is 1. The number of likely N-dealkylation sites (N-methyl/N-ethyl adjacent to an activating group) is 1. The van der Waals surface area contributed by atoms with Gasteiger partial charge in [-0.2, -0.15) is 0 Å². The van der Waals surface area contributed by atoms with Crippen LogP contribution in [-0.2, 0) is 11.3 Å². The van der Waals surface area contributed by atoms with E-state index in [1.165, 1.54) is 12.1 Å². The molecule has 0 saturated carbocycles. The van der Waals surface area contributed by atoms with Crippen LogP contribution in [0.1, 0.15) is 18.1 Å². The molecule has 2 aromatic carbocycles. The molecule has 0 aromatic heterocycles. The van der Waals surface area contributed by atoms with Gasteiger partial charge in [0.25, 0.3) is 5.69 Å². The van der Waals surface area contributed by atoms with Gasteiger partial charge in [-0.15, -0.1) is 0 Å². The normalized spacial score (nSPS) is 10.7. The molecule has 1 amide bonds. The van der Waals surface area contributed by atoms with Crippen molar-refractivity contribution in [3.8, 4) is 0 Å². The number of carbonyl (C=O) groups is 1. The van der Waals surface area contributed by atoms with Crippen LogP contribution in [0.2, 0.25) is 0 Å². The van der Waals surface area contributed by atoms with Crippen molar-refractivity contribution in [1.29, 1.82) is 0 Å². The molecule has 2 aromatic rings. The lowest BCUT2D eigenvalue weighted by molar-refractivity contribution is -0.384. The van der Waals surface area contributed by atoms with E-state index in [4.69, 9.17) is 0 Å². The number of hydrogen-bond acceptors (Lipinski definition) is 5. The number of hydrogen-bond donors (Lipinski definition) is 1. The molecule has 27 heavy (non-hydrogen) atoms. The lowest BCUT2D eigenvalue weighted by Gasteiger charge is -2.21. The molecule has 0 saturated heterocycles. The Morgan fingerprint density at radius 3 is 2.33 bits per heavy atom. The van der Waals surface area contributed by atoms with E-state index >= 15 is 0 Å². The molecular weight excluding hydrogens is 344 g/mol. The van der Waals surface area contributed by atoms with Crippen molar-refractivity contribution < 1.29 is 9.72 Å². The van der Waals surface area contributed by atoms with Crippen molar-refractivity contribution in [1.82, 2.24) is 4.90 Å². The third-order valence-electron chi connectivity index (χ3n) is 4.37. The van der Waals surface area contributed by atoms with E-state index in [2.05, 4.69) is 29.6 Å². The first-order valence-electron chi connectivity index (χ1n) is 8.83. The molecule has 0 aliphatic rings. The maximum Gasteiger partial charge on any atom is 0.269 e. The van der Waals surface area contributed by atoms with Gasteiger partial charge in [0.05, 0.1) is 11.5 Å². The highest BCUT2D eigenvalue weighted by molar-refractivity contribution is 5.93. The van der Waals surface area contributed by atoms with Gasteiger partial charge in [-0.1, -0.05) is 19.1 Å². The number of rotatable bonds is 8. The minimum atomic E-state index is -0.445. The van der Waals surface area contributed by atoms with Crippen molar-refractivity contribution >= 4 is 23.0 Å². The number of amides is 1. The topological polar surface area (TPSA) is 78.7 Å². The summed E-state index contributed by atoms with van der Waals surface area (Å²) < 4.78 is 0. The summed E-state index contributed by atoms with van der Waals surface area (Å²) >= 11 is 0. The van der Waals surface area contributed by atoms with Crippen LogP contribution in [0.15, 0.2) is 42.5 Å². The molecule has 7 nitrogen and oxygen atoms in total. The molecule has 0 bridgehead atoms. The summed E-state index contributed by atoms with van der Waals surface area (Å²) in [5.74, 6) is -0.140. The maximum absolute atomic E-state index is 12.4. The fourth-order valence-corrected chi connectivity index (χ4v) is 2.73. The van der Waals surface area contributed by atoms with Gasteiger partial charge in [0.1, 0.15) is 0 Å². The summed E-state index contributed by atoms with van der Waals surface area (Å²) in [6, 6.07) is 12.7. The van der Waals surface area contributed by atoms with Gasteiger partial charge in [-0.3, -0.25) is 19.8 Å². The fourth-order valence-electron chi connectivity index (χ4n) is 2.73. The van der Waals surface area contributed by atoms with E-state index in [1.54, 1.807) is 13.0 Å². The smallest absolute Gasteiger partial charge is 0.269 e. The first kappa shape index (κ1) is 20.4. The van der Waals surface area contributed by atoms with E-state index in [9.17, 15) is 14.9 Å². The molecule has 2 rings (SSSR count). The SMILES string of the molecule is CCN(CC(=O)Nc1ccc([N+](=O)[O-])cc1C)Cc1ccc(N(C)C)cc1. The average molecular weight is 370 g/mol. The number of nitro groups is 1. The Labute approximate surface area is 159 Å². The fraction of sp³-hybridized carbons (Fsp3) is 0.350. The number of anilines is 2. The molecule has 0 aliphatic carbocycles.